The minimum Gasteiger partial charge on any atom is -0.491 e. The molecule has 33 heavy (non-hydrogen) atoms. The van der Waals surface area contributed by atoms with Crippen molar-refractivity contribution in [2.75, 3.05) is 26.4 Å². The highest BCUT2D eigenvalue weighted by Gasteiger charge is 2.30. The lowest BCUT2D eigenvalue weighted by molar-refractivity contribution is 0.0694. The molecule has 5 rings (SSSR count). The Balaban J connectivity index is 1.28. The highest BCUT2D eigenvalue weighted by molar-refractivity contribution is 5.90. The van der Waals surface area contributed by atoms with Crippen molar-refractivity contribution in [3.05, 3.63) is 58.7 Å². The molecular weight excluding hydrogens is 420 g/mol. The Morgan fingerprint density at radius 3 is 2.09 bits per heavy atom. The number of hydrogen-bond acceptors (Lipinski definition) is 5. The molecule has 2 aromatic rings. The molecule has 0 radical (unpaired) electrons. The van der Waals surface area contributed by atoms with E-state index in [-0.39, 0.29) is 18.1 Å². The molecule has 0 amide bonds. The van der Waals surface area contributed by atoms with Crippen LogP contribution < -0.4 is 9.47 Å². The number of carboxylic acid groups (broad SMARTS) is 1. The molecule has 1 saturated carbocycles. The van der Waals surface area contributed by atoms with Crippen molar-refractivity contribution in [3.63, 3.8) is 0 Å². The lowest BCUT2D eigenvalue weighted by atomic mass is 9.73. The first-order chi connectivity index (χ1) is 16.1. The standard InChI is InChI=1S/C27H32O6/c1-2-23-25(33-16-22-15-32-22)12-11-24(27(28)29)26(23)19-5-3-17(4-6-19)18-7-9-20(10-8-18)30-13-21-14-31-21/h7-12,17,19,21-22H,2-6,13-16H2,1H3,(H,28,29). The third-order valence-electron chi connectivity index (χ3n) is 7.05. The van der Waals surface area contributed by atoms with Crippen LogP contribution in [0.3, 0.4) is 0 Å². The number of carboxylic acids is 1. The van der Waals surface area contributed by atoms with E-state index in [1.165, 1.54) is 5.56 Å². The Hall–Kier alpha value is -2.57. The molecule has 2 saturated heterocycles. The number of ether oxygens (including phenoxy) is 4. The molecule has 6 nitrogen and oxygen atoms in total. The normalized spacial score (nSPS) is 26.0. The van der Waals surface area contributed by atoms with Crippen LogP contribution in [0.5, 0.6) is 11.5 Å². The molecule has 6 heteroatoms. The predicted octanol–water partition coefficient (Wildman–Crippen LogP) is 4.94. The summed E-state index contributed by atoms with van der Waals surface area (Å²) in [6.07, 6.45) is 5.23. The third-order valence-corrected chi connectivity index (χ3v) is 7.05. The second-order valence-electron chi connectivity index (χ2n) is 9.31. The van der Waals surface area contributed by atoms with Crippen molar-refractivity contribution < 1.29 is 28.8 Å². The van der Waals surface area contributed by atoms with Gasteiger partial charge in [0.1, 0.15) is 36.9 Å². The summed E-state index contributed by atoms with van der Waals surface area (Å²) in [7, 11) is 0. The van der Waals surface area contributed by atoms with Crippen molar-refractivity contribution >= 4 is 5.97 Å². The maximum atomic E-state index is 12.1. The summed E-state index contributed by atoms with van der Waals surface area (Å²) >= 11 is 0. The summed E-state index contributed by atoms with van der Waals surface area (Å²) in [6.45, 7) is 4.77. The topological polar surface area (TPSA) is 80.8 Å². The molecule has 0 spiro atoms. The quantitative estimate of drug-likeness (QED) is 0.514. The average molecular weight is 453 g/mol. The molecule has 2 aliphatic heterocycles. The molecule has 3 aliphatic rings. The van der Waals surface area contributed by atoms with Crippen molar-refractivity contribution in [1.29, 1.82) is 0 Å². The first-order valence-electron chi connectivity index (χ1n) is 12.1. The molecule has 3 fully saturated rings. The molecule has 0 aromatic heterocycles. The zero-order valence-corrected chi connectivity index (χ0v) is 19.1. The monoisotopic (exact) mass is 452 g/mol. The van der Waals surface area contributed by atoms with E-state index in [9.17, 15) is 9.90 Å². The number of rotatable bonds is 10. The van der Waals surface area contributed by atoms with Crippen LogP contribution in [-0.4, -0.2) is 49.7 Å². The van der Waals surface area contributed by atoms with E-state index in [2.05, 4.69) is 19.1 Å². The van der Waals surface area contributed by atoms with Gasteiger partial charge >= 0.3 is 5.97 Å². The largest absolute Gasteiger partial charge is 0.491 e. The number of epoxide rings is 2. The van der Waals surface area contributed by atoms with Gasteiger partial charge in [0.2, 0.25) is 0 Å². The maximum absolute atomic E-state index is 12.1. The molecule has 0 bridgehead atoms. The first kappa shape index (κ1) is 22.2. The summed E-state index contributed by atoms with van der Waals surface area (Å²) in [6, 6.07) is 12.0. The van der Waals surface area contributed by atoms with Gasteiger partial charge in [0.15, 0.2) is 0 Å². The van der Waals surface area contributed by atoms with Crippen molar-refractivity contribution in [3.8, 4) is 11.5 Å². The molecule has 1 aliphatic carbocycles. The van der Waals surface area contributed by atoms with Gasteiger partial charge in [-0.05, 0) is 84.9 Å². The molecule has 2 aromatic carbocycles. The fourth-order valence-corrected chi connectivity index (χ4v) is 5.05. The molecule has 2 atom stereocenters. The Morgan fingerprint density at radius 1 is 0.909 bits per heavy atom. The summed E-state index contributed by atoms with van der Waals surface area (Å²) in [5.41, 5.74) is 3.77. The van der Waals surface area contributed by atoms with E-state index in [0.29, 0.717) is 24.7 Å². The number of carbonyl (C=O) groups is 1. The van der Waals surface area contributed by atoms with Gasteiger partial charge in [-0.2, -0.15) is 0 Å². The smallest absolute Gasteiger partial charge is 0.335 e. The van der Waals surface area contributed by atoms with Crippen LogP contribution in [0, 0.1) is 0 Å². The van der Waals surface area contributed by atoms with Gasteiger partial charge in [0, 0.05) is 0 Å². The van der Waals surface area contributed by atoms with Crippen molar-refractivity contribution in [2.45, 2.75) is 63.1 Å². The van der Waals surface area contributed by atoms with Gasteiger partial charge < -0.3 is 24.1 Å². The highest BCUT2D eigenvalue weighted by atomic mass is 16.6. The van der Waals surface area contributed by atoms with Crippen molar-refractivity contribution in [2.24, 2.45) is 0 Å². The Morgan fingerprint density at radius 2 is 1.52 bits per heavy atom. The van der Waals surface area contributed by atoms with Crippen molar-refractivity contribution in [1.82, 2.24) is 0 Å². The minimum absolute atomic E-state index is 0.173. The molecule has 2 heterocycles. The van der Waals surface area contributed by atoms with Crippen LogP contribution >= 0.6 is 0 Å². The van der Waals surface area contributed by atoms with Gasteiger partial charge in [0.25, 0.3) is 0 Å². The fraction of sp³-hybridized carbons (Fsp3) is 0.519. The summed E-state index contributed by atoms with van der Waals surface area (Å²) < 4.78 is 22.2. The Labute approximate surface area is 194 Å². The van der Waals surface area contributed by atoms with Gasteiger partial charge in [0.05, 0.1) is 18.8 Å². The minimum atomic E-state index is -0.855. The van der Waals surface area contributed by atoms with Gasteiger partial charge in [-0.1, -0.05) is 19.1 Å². The predicted molar refractivity (Wildman–Crippen MR) is 124 cm³/mol. The average Bonchev–Trinajstić information content (AvgIpc) is 3.76. The molecular formula is C27H32O6. The second-order valence-corrected chi connectivity index (χ2v) is 9.31. The van der Waals surface area contributed by atoms with E-state index in [4.69, 9.17) is 18.9 Å². The van der Waals surface area contributed by atoms with Crippen LogP contribution in [0.4, 0.5) is 0 Å². The van der Waals surface area contributed by atoms with Crippen LogP contribution in [0.25, 0.3) is 0 Å². The van der Waals surface area contributed by atoms with E-state index < -0.39 is 5.97 Å². The third kappa shape index (κ3) is 5.33. The van der Waals surface area contributed by atoms with E-state index >= 15 is 0 Å². The molecule has 176 valence electrons. The molecule has 1 N–H and O–H groups in total. The lowest BCUT2D eigenvalue weighted by Crippen LogP contribution is -2.18. The summed E-state index contributed by atoms with van der Waals surface area (Å²) in [5.74, 6) is 1.57. The van der Waals surface area contributed by atoms with Crippen LogP contribution in [0.1, 0.15) is 71.5 Å². The zero-order valence-electron chi connectivity index (χ0n) is 19.1. The Kier molecular flexibility index (Phi) is 6.56. The zero-order chi connectivity index (χ0) is 22.8. The number of benzene rings is 2. The first-order valence-corrected chi connectivity index (χ1v) is 12.1. The SMILES string of the molecule is CCc1c(OCC2CO2)ccc(C(=O)O)c1C1CCC(c2ccc(OCC3CO3)cc2)CC1. The van der Waals surface area contributed by atoms with Crippen LogP contribution in [-0.2, 0) is 15.9 Å². The fourth-order valence-electron chi connectivity index (χ4n) is 5.05. The number of aromatic carboxylic acids is 1. The number of hydrogen-bond donors (Lipinski definition) is 1. The summed E-state index contributed by atoms with van der Waals surface area (Å²) in [5, 5.41) is 9.89. The van der Waals surface area contributed by atoms with Crippen LogP contribution in [0.15, 0.2) is 36.4 Å². The second kappa shape index (κ2) is 9.74. The van der Waals surface area contributed by atoms with Gasteiger partial charge in [-0.25, -0.2) is 4.79 Å². The van der Waals surface area contributed by atoms with Gasteiger partial charge in [-0.3, -0.25) is 0 Å². The summed E-state index contributed by atoms with van der Waals surface area (Å²) in [4.78, 5) is 12.1. The van der Waals surface area contributed by atoms with Gasteiger partial charge in [-0.15, -0.1) is 0 Å². The van der Waals surface area contributed by atoms with E-state index in [1.54, 1.807) is 6.07 Å². The van der Waals surface area contributed by atoms with E-state index in [0.717, 1.165) is 67.9 Å². The Bertz CT molecular complexity index is 969. The highest BCUT2D eigenvalue weighted by Crippen LogP contribution is 2.44. The van der Waals surface area contributed by atoms with E-state index in [1.807, 2.05) is 18.2 Å². The maximum Gasteiger partial charge on any atom is 0.335 e. The lowest BCUT2D eigenvalue weighted by Gasteiger charge is -2.31. The molecule has 2 unspecified atom stereocenters. The van der Waals surface area contributed by atoms with Crippen LogP contribution in [0.2, 0.25) is 0 Å².